The minimum atomic E-state index is -0.783. The Morgan fingerprint density at radius 3 is 2.78 bits per heavy atom. The molecule has 2 heterocycles. The van der Waals surface area contributed by atoms with Gasteiger partial charge in [0.1, 0.15) is 6.10 Å². The maximum Gasteiger partial charge on any atom is 0.104 e. The van der Waals surface area contributed by atoms with Gasteiger partial charge in [0, 0.05) is 4.90 Å². The van der Waals surface area contributed by atoms with Gasteiger partial charge in [0.15, 0.2) is 0 Å². The molecular formula is C14H17ClO2S. The van der Waals surface area contributed by atoms with Gasteiger partial charge in [0.05, 0.1) is 22.3 Å². The zero-order chi connectivity index (χ0) is 12.8. The van der Waals surface area contributed by atoms with Crippen LogP contribution in [-0.2, 0) is 4.74 Å². The lowest BCUT2D eigenvalue weighted by atomic mass is 9.92. The Bertz CT molecular complexity index is 423. The zero-order valence-corrected chi connectivity index (χ0v) is 11.8. The Labute approximate surface area is 117 Å². The van der Waals surface area contributed by atoms with E-state index in [1.807, 2.05) is 25.1 Å². The number of benzene rings is 1. The first-order valence-electron chi connectivity index (χ1n) is 6.31. The Kier molecular flexibility index (Phi) is 3.35. The molecule has 0 amide bonds. The number of rotatable bonds is 2. The summed E-state index contributed by atoms with van der Waals surface area (Å²) in [4.78, 5) is 1.21. The van der Waals surface area contributed by atoms with Gasteiger partial charge in [-0.05, 0) is 31.9 Å². The standard InChI is InChI=1S/C14H17ClO2S/c1-14(16)8-7-10-12(11(15)13(14)17-10)18-9-5-3-2-4-6-9/h2-6,10-13,16H,7-8H2,1H3/t10-,11+,12-,13-,14-/m0/s1. The molecule has 2 aliphatic rings. The number of hydrogen-bond donors (Lipinski definition) is 1. The molecule has 18 heavy (non-hydrogen) atoms. The molecule has 0 aliphatic carbocycles. The van der Waals surface area contributed by atoms with Crippen molar-refractivity contribution in [3.05, 3.63) is 30.3 Å². The van der Waals surface area contributed by atoms with E-state index in [0.29, 0.717) is 0 Å². The molecule has 0 spiro atoms. The second kappa shape index (κ2) is 4.71. The summed E-state index contributed by atoms with van der Waals surface area (Å²) in [6.07, 6.45) is 1.59. The minimum absolute atomic E-state index is 0.127. The molecule has 0 unspecified atom stereocenters. The van der Waals surface area contributed by atoms with Crippen molar-refractivity contribution in [2.75, 3.05) is 0 Å². The second-order valence-electron chi connectivity index (χ2n) is 5.33. The van der Waals surface area contributed by atoms with E-state index in [0.717, 1.165) is 12.8 Å². The van der Waals surface area contributed by atoms with Crippen LogP contribution in [0.5, 0.6) is 0 Å². The summed E-state index contributed by atoms with van der Waals surface area (Å²) in [5.41, 5.74) is -0.783. The Balaban J connectivity index is 1.79. The van der Waals surface area contributed by atoms with Crippen LogP contribution < -0.4 is 0 Å². The third-order valence-electron chi connectivity index (χ3n) is 3.85. The molecule has 2 saturated heterocycles. The van der Waals surface area contributed by atoms with Crippen LogP contribution in [0.25, 0.3) is 0 Å². The summed E-state index contributed by atoms with van der Waals surface area (Å²) in [6, 6.07) is 10.3. The van der Waals surface area contributed by atoms with E-state index in [1.54, 1.807) is 11.8 Å². The monoisotopic (exact) mass is 284 g/mol. The van der Waals surface area contributed by atoms with Gasteiger partial charge < -0.3 is 9.84 Å². The van der Waals surface area contributed by atoms with Crippen molar-refractivity contribution in [1.82, 2.24) is 0 Å². The Hall–Kier alpha value is -0.220. The van der Waals surface area contributed by atoms with Gasteiger partial charge >= 0.3 is 0 Å². The number of halogens is 1. The van der Waals surface area contributed by atoms with E-state index < -0.39 is 5.60 Å². The fraction of sp³-hybridized carbons (Fsp3) is 0.571. The summed E-state index contributed by atoms with van der Waals surface area (Å²) >= 11 is 8.28. The maximum absolute atomic E-state index is 10.3. The molecule has 1 N–H and O–H groups in total. The summed E-state index contributed by atoms with van der Waals surface area (Å²) in [5.74, 6) is 0. The predicted octanol–water partition coefficient (Wildman–Crippen LogP) is 3.07. The first-order valence-corrected chi connectivity index (χ1v) is 7.63. The lowest BCUT2D eigenvalue weighted by Crippen LogP contribution is -2.46. The Morgan fingerprint density at radius 1 is 1.39 bits per heavy atom. The molecule has 2 nitrogen and oxygen atoms in total. The highest BCUT2D eigenvalue weighted by atomic mass is 35.5. The number of hydrogen-bond acceptors (Lipinski definition) is 3. The number of alkyl halides is 1. The molecule has 0 saturated carbocycles. The third kappa shape index (κ3) is 2.18. The summed E-state index contributed by atoms with van der Waals surface area (Å²) in [5, 5.41) is 10.4. The van der Waals surface area contributed by atoms with Crippen LogP contribution in [0.4, 0.5) is 0 Å². The number of thioether (sulfide) groups is 1. The number of fused-ring (bicyclic) bond motifs is 2. The first-order chi connectivity index (χ1) is 8.58. The molecule has 2 aliphatic heterocycles. The largest absolute Gasteiger partial charge is 0.387 e. The summed E-state index contributed by atoms with van der Waals surface area (Å²) < 4.78 is 5.91. The lowest BCUT2D eigenvalue weighted by molar-refractivity contribution is -0.131. The van der Waals surface area contributed by atoms with Crippen molar-refractivity contribution in [3.8, 4) is 0 Å². The highest BCUT2D eigenvalue weighted by molar-refractivity contribution is 8.00. The Morgan fingerprint density at radius 2 is 2.11 bits per heavy atom. The van der Waals surface area contributed by atoms with Gasteiger partial charge in [-0.15, -0.1) is 23.4 Å². The van der Waals surface area contributed by atoms with Crippen LogP contribution in [0, 0.1) is 0 Å². The predicted molar refractivity (Wildman–Crippen MR) is 74.2 cm³/mol. The maximum atomic E-state index is 10.3. The average molecular weight is 285 g/mol. The molecule has 0 aromatic heterocycles. The van der Waals surface area contributed by atoms with Gasteiger partial charge in [-0.1, -0.05) is 18.2 Å². The lowest BCUT2D eigenvalue weighted by Gasteiger charge is -2.35. The van der Waals surface area contributed by atoms with Crippen molar-refractivity contribution in [2.24, 2.45) is 0 Å². The molecule has 2 fully saturated rings. The minimum Gasteiger partial charge on any atom is -0.387 e. The second-order valence-corrected chi connectivity index (χ2v) is 7.09. The van der Waals surface area contributed by atoms with E-state index >= 15 is 0 Å². The van der Waals surface area contributed by atoms with Crippen molar-refractivity contribution in [1.29, 1.82) is 0 Å². The molecule has 2 bridgehead atoms. The highest BCUT2D eigenvalue weighted by Gasteiger charge is 2.54. The van der Waals surface area contributed by atoms with Crippen LogP contribution in [0.3, 0.4) is 0 Å². The number of aliphatic hydroxyl groups is 1. The highest BCUT2D eigenvalue weighted by Crippen LogP contribution is 2.47. The van der Waals surface area contributed by atoms with Crippen molar-refractivity contribution in [2.45, 2.75) is 53.1 Å². The fourth-order valence-electron chi connectivity index (χ4n) is 2.81. The van der Waals surface area contributed by atoms with Crippen molar-refractivity contribution in [3.63, 3.8) is 0 Å². The van der Waals surface area contributed by atoms with Gasteiger partial charge in [-0.3, -0.25) is 0 Å². The molecule has 1 aromatic rings. The van der Waals surface area contributed by atoms with Crippen molar-refractivity contribution < 1.29 is 9.84 Å². The van der Waals surface area contributed by atoms with E-state index in [1.165, 1.54) is 4.90 Å². The van der Waals surface area contributed by atoms with Crippen LogP contribution in [-0.4, -0.2) is 33.5 Å². The smallest absolute Gasteiger partial charge is 0.104 e. The molecule has 4 heteroatoms. The number of ether oxygens (including phenoxy) is 1. The van der Waals surface area contributed by atoms with Crippen LogP contribution in [0.1, 0.15) is 19.8 Å². The normalized spacial score (nSPS) is 43.1. The third-order valence-corrected chi connectivity index (χ3v) is 5.92. The van der Waals surface area contributed by atoms with Gasteiger partial charge in [0.2, 0.25) is 0 Å². The van der Waals surface area contributed by atoms with Crippen molar-refractivity contribution >= 4 is 23.4 Å². The topological polar surface area (TPSA) is 29.5 Å². The fourth-order valence-corrected chi connectivity index (χ4v) is 4.71. The molecule has 1 aromatic carbocycles. The molecule has 3 rings (SSSR count). The van der Waals surface area contributed by atoms with E-state index in [9.17, 15) is 5.11 Å². The van der Waals surface area contributed by atoms with Gasteiger partial charge in [0.25, 0.3) is 0 Å². The van der Waals surface area contributed by atoms with Crippen LogP contribution in [0.15, 0.2) is 35.2 Å². The molecule has 5 atom stereocenters. The quantitative estimate of drug-likeness (QED) is 0.847. The summed E-state index contributed by atoms with van der Waals surface area (Å²) in [6.45, 7) is 1.83. The SMILES string of the molecule is C[C@]1(O)CC[C@@H]2O[C@H]1[C@H](Cl)[C@H]2Sc1ccccc1. The van der Waals surface area contributed by atoms with Crippen LogP contribution >= 0.6 is 23.4 Å². The van der Waals surface area contributed by atoms with Gasteiger partial charge in [-0.25, -0.2) is 0 Å². The van der Waals surface area contributed by atoms with E-state index in [2.05, 4.69) is 12.1 Å². The molecular weight excluding hydrogens is 268 g/mol. The first kappa shape index (κ1) is 12.8. The average Bonchev–Trinajstić information content (AvgIpc) is 2.63. The molecule has 98 valence electrons. The zero-order valence-electron chi connectivity index (χ0n) is 10.3. The van der Waals surface area contributed by atoms with Gasteiger partial charge in [-0.2, -0.15) is 0 Å². The molecule has 0 radical (unpaired) electrons. The van der Waals surface area contributed by atoms with E-state index in [4.69, 9.17) is 16.3 Å². The van der Waals surface area contributed by atoms with E-state index in [-0.39, 0.29) is 22.8 Å². The van der Waals surface area contributed by atoms with Crippen LogP contribution in [0.2, 0.25) is 0 Å². The summed E-state index contributed by atoms with van der Waals surface area (Å²) in [7, 11) is 0.